The number of anilines is 2. The summed E-state index contributed by atoms with van der Waals surface area (Å²) in [6, 6.07) is 2.45. The van der Waals surface area contributed by atoms with Crippen molar-refractivity contribution in [2.24, 2.45) is 5.92 Å². The number of nitrogens with one attached hydrogen (secondary N) is 2. The molecule has 0 unspecified atom stereocenters. The van der Waals surface area contributed by atoms with E-state index in [4.69, 9.17) is 4.74 Å². The molecule has 11 heteroatoms. The van der Waals surface area contributed by atoms with Gasteiger partial charge in [0.25, 0.3) is 5.91 Å². The van der Waals surface area contributed by atoms with E-state index < -0.39 is 41.7 Å². The minimum atomic E-state index is -4.58. The Morgan fingerprint density at radius 3 is 2.55 bits per heavy atom. The number of carbonyl (C=O) groups is 3. The lowest BCUT2D eigenvalue weighted by atomic mass is 9.96. The molecule has 2 aliphatic heterocycles. The van der Waals surface area contributed by atoms with E-state index in [1.807, 2.05) is 4.90 Å². The SMILES string of the molecule is C[C@@]1(C2CC2)NC(=O)N(CC(=O)Nc2cc(C(F)(F)F)ccc2N2CCOCC2)C1=O. The number of halogens is 3. The minimum absolute atomic E-state index is 0.0290. The molecule has 31 heavy (non-hydrogen) atoms. The van der Waals surface area contributed by atoms with E-state index in [0.29, 0.717) is 32.0 Å². The number of morpholine rings is 1. The molecule has 3 fully saturated rings. The Hall–Kier alpha value is -2.82. The highest BCUT2D eigenvalue weighted by Crippen LogP contribution is 2.42. The van der Waals surface area contributed by atoms with Gasteiger partial charge >= 0.3 is 12.2 Å². The fourth-order valence-corrected chi connectivity index (χ4v) is 4.02. The van der Waals surface area contributed by atoms with Crippen molar-refractivity contribution < 1.29 is 32.3 Å². The predicted octanol–water partition coefficient (Wildman–Crippen LogP) is 2.20. The van der Waals surface area contributed by atoms with Crippen LogP contribution in [0.4, 0.5) is 29.3 Å². The van der Waals surface area contributed by atoms with Gasteiger partial charge in [-0.25, -0.2) is 4.79 Å². The molecule has 4 amide bonds. The van der Waals surface area contributed by atoms with Crippen molar-refractivity contribution >= 4 is 29.2 Å². The van der Waals surface area contributed by atoms with Gasteiger partial charge in [0.2, 0.25) is 5.91 Å². The molecule has 0 aromatic heterocycles. The quantitative estimate of drug-likeness (QED) is 0.686. The Morgan fingerprint density at radius 1 is 1.26 bits per heavy atom. The summed E-state index contributed by atoms with van der Waals surface area (Å²) in [7, 11) is 0. The number of hydrogen-bond donors (Lipinski definition) is 2. The van der Waals surface area contributed by atoms with Gasteiger partial charge in [0.15, 0.2) is 0 Å². The van der Waals surface area contributed by atoms with E-state index in [9.17, 15) is 27.6 Å². The molecular formula is C20H23F3N4O4. The molecule has 1 saturated carbocycles. The van der Waals surface area contributed by atoms with Crippen molar-refractivity contribution in [3.05, 3.63) is 23.8 Å². The van der Waals surface area contributed by atoms with Crippen molar-refractivity contribution in [2.45, 2.75) is 31.5 Å². The van der Waals surface area contributed by atoms with Gasteiger partial charge in [-0.15, -0.1) is 0 Å². The first kappa shape index (κ1) is 21.4. The summed E-state index contributed by atoms with van der Waals surface area (Å²) in [6.07, 6.45) is -2.95. The lowest BCUT2D eigenvalue weighted by Crippen LogP contribution is -2.46. The van der Waals surface area contributed by atoms with Gasteiger partial charge in [-0.1, -0.05) is 0 Å². The summed E-state index contributed by atoms with van der Waals surface area (Å²) in [5.41, 5.74) is -1.55. The fraction of sp³-hybridized carbons (Fsp3) is 0.550. The number of carbonyl (C=O) groups excluding carboxylic acids is 3. The maximum Gasteiger partial charge on any atom is 0.416 e. The predicted molar refractivity (Wildman–Crippen MR) is 104 cm³/mol. The minimum Gasteiger partial charge on any atom is -0.378 e. The van der Waals surface area contributed by atoms with Crippen LogP contribution in [0.3, 0.4) is 0 Å². The zero-order valence-electron chi connectivity index (χ0n) is 16.9. The molecule has 3 aliphatic rings. The molecule has 1 atom stereocenters. The number of amides is 4. The molecule has 0 spiro atoms. The molecule has 2 N–H and O–H groups in total. The number of hydrogen-bond acceptors (Lipinski definition) is 5. The second-order valence-electron chi connectivity index (χ2n) is 8.18. The normalized spacial score (nSPS) is 24.4. The number of nitrogens with zero attached hydrogens (tertiary/aromatic N) is 2. The number of ether oxygens (including phenoxy) is 1. The van der Waals surface area contributed by atoms with Crippen LogP contribution in [0.25, 0.3) is 0 Å². The highest BCUT2D eigenvalue weighted by molar-refractivity contribution is 6.10. The van der Waals surface area contributed by atoms with E-state index in [2.05, 4.69) is 10.6 Å². The molecule has 8 nitrogen and oxygen atoms in total. The van der Waals surface area contributed by atoms with Gasteiger partial charge in [0.05, 0.1) is 30.2 Å². The number of imide groups is 1. The van der Waals surface area contributed by atoms with Crippen molar-refractivity contribution in [1.29, 1.82) is 0 Å². The molecule has 2 saturated heterocycles. The van der Waals surface area contributed by atoms with Crippen LogP contribution in [0.5, 0.6) is 0 Å². The van der Waals surface area contributed by atoms with Crippen LogP contribution in [-0.4, -0.2) is 61.1 Å². The lowest BCUT2D eigenvalue weighted by Gasteiger charge is -2.31. The van der Waals surface area contributed by atoms with Crippen LogP contribution in [0.1, 0.15) is 25.3 Å². The zero-order valence-corrected chi connectivity index (χ0v) is 16.9. The van der Waals surface area contributed by atoms with Crippen molar-refractivity contribution in [2.75, 3.05) is 43.1 Å². The summed E-state index contributed by atoms with van der Waals surface area (Å²) < 4.78 is 45.0. The van der Waals surface area contributed by atoms with Crippen LogP contribution >= 0.6 is 0 Å². The Bertz CT molecular complexity index is 912. The van der Waals surface area contributed by atoms with Crippen molar-refractivity contribution in [3.8, 4) is 0 Å². The summed E-state index contributed by atoms with van der Waals surface area (Å²) in [5.74, 6) is -1.21. The topological polar surface area (TPSA) is 91.0 Å². The summed E-state index contributed by atoms with van der Waals surface area (Å²) in [6.45, 7) is 2.80. The molecule has 2 heterocycles. The summed E-state index contributed by atoms with van der Waals surface area (Å²) in [5, 5.41) is 5.11. The van der Waals surface area contributed by atoms with E-state index in [1.54, 1.807) is 6.92 Å². The van der Waals surface area contributed by atoms with Crippen LogP contribution in [0.2, 0.25) is 0 Å². The average molecular weight is 440 g/mol. The zero-order chi connectivity index (χ0) is 22.4. The lowest BCUT2D eigenvalue weighted by molar-refractivity contribution is -0.137. The number of alkyl halides is 3. The van der Waals surface area contributed by atoms with Crippen molar-refractivity contribution in [3.63, 3.8) is 0 Å². The molecule has 1 aromatic rings. The van der Waals surface area contributed by atoms with E-state index in [0.717, 1.165) is 29.9 Å². The molecule has 168 valence electrons. The third-order valence-corrected chi connectivity index (χ3v) is 5.95. The molecule has 0 bridgehead atoms. The smallest absolute Gasteiger partial charge is 0.378 e. The Balaban J connectivity index is 1.53. The third-order valence-electron chi connectivity index (χ3n) is 5.95. The summed E-state index contributed by atoms with van der Waals surface area (Å²) in [4.78, 5) is 40.2. The monoisotopic (exact) mass is 440 g/mol. The van der Waals surface area contributed by atoms with Gasteiger partial charge in [-0.3, -0.25) is 14.5 Å². The molecule has 1 aromatic carbocycles. The van der Waals surface area contributed by atoms with Gasteiger partial charge in [-0.2, -0.15) is 13.2 Å². The number of urea groups is 1. The molecular weight excluding hydrogens is 417 g/mol. The molecule has 1 aliphatic carbocycles. The maximum absolute atomic E-state index is 13.2. The highest BCUT2D eigenvalue weighted by atomic mass is 19.4. The van der Waals surface area contributed by atoms with Crippen LogP contribution in [0.15, 0.2) is 18.2 Å². The standard InChI is InChI=1S/C20H23F3N4O4/c1-19(12-2-3-12)17(29)27(18(30)25-19)11-16(28)24-14-10-13(20(21,22)23)4-5-15(14)26-6-8-31-9-7-26/h4-5,10,12H,2-3,6-9,11H2,1H3,(H,24,28)(H,25,30)/t19-/m0/s1. The van der Waals surface area contributed by atoms with Gasteiger partial charge in [-0.05, 0) is 43.9 Å². The van der Waals surface area contributed by atoms with E-state index in [1.165, 1.54) is 6.07 Å². The first-order valence-electron chi connectivity index (χ1n) is 10.1. The van der Waals surface area contributed by atoms with Gasteiger partial charge in [0.1, 0.15) is 12.1 Å². The second-order valence-corrected chi connectivity index (χ2v) is 8.18. The number of benzene rings is 1. The fourth-order valence-electron chi connectivity index (χ4n) is 4.02. The average Bonchev–Trinajstić information content (AvgIpc) is 3.54. The first-order valence-corrected chi connectivity index (χ1v) is 10.1. The third kappa shape index (κ3) is 4.18. The van der Waals surface area contributed by atoms with Crippen LogP contribution in [0, 0.1) is 5.92 Å². The Labute approximate surface area is 176 Å². The Morgan fingerprint density at radius 2 is 1.94 bits per heavy atom. The van der Waals surface area contributed by atoms with E-state index >= 15 is 0 Å². The van der Waals surface area contributed by atoms with Crippen LogP contribution in [-0.2, 0) is 20.5 Å². The largest absolute Gasteiger partial charge is 0.416 e. The molecule has 4 rings (SSSR count). The van der Waals surface area contributed by atoms with Gasteiger partial charge < -0.3 is 20.3 Å². The van der Waals surface area contributed by atoms with Crippen LogP contribution < -0.4 is 15.5 Å². The van der Waals surface area contributed by atoms with Crippen molar-refractivity contribution in [1.82, 2.24) is 10.2 Å². The second kappa shape index (κ2) is 7.70. The summed E-state index contributed by atoms with van der Waals surface area (Å²) >= 11 is 0. The first-order chi connectivity index (χ1) is 14.6. The highest BCUT2D eigenvalue weighted by Gasteiger charge is 2.56. The van der Waals surface area contributed by atoms with E-state index in [-0.39, 0.29) is 11.6 Å². The maximum atomic E-state index is 13.2. The number of rotatable bonds is 5. The Kier molecular flexibility index (Phi) is 5.32. The molecule has 0 radical (unpaired) electrons. The van der Waals surface area contributed by atoms with Gasteiger partial charge in [0, 0.05) is 13.1 Å².